The number of unbranched alkanes of at least 4 members (excludes halogenated alkanes) is 5. The Morgan fingerprint density at radius 3 is 2.58 bits per heavy atom. The average Bonchev–Trinajstić information content (AvgIpc) is 3.19. The second-order valence-corrected chi connectivity index (χ2v) is 11.2. The Balaban J connectivity index is 1.59. The fourth-order valence-corrected chi connectivity index (χ4v) is 5.67. The summed E-state index contributed by atoms with van der Waals surface area (Å²) in [5, 5.41) is 13.8. The van der Waals surface area contributed by atoms with Gasteiger partial charge in [0.25, 0.3) is 11.5 Å². The molecule has 38 heavy (non-hydrogen) atoms. The predicted molar refractivity (Wildman–Crippen MR) is 159 cm³/mol. The van der Waals surface area contributed by atoms with Crippen LogP contribution >= 0.6 is 24.0 Å². The van der Waals surface area contributed by atoms with Crippen molar-refractivity contribution in [3.63, 3.8) is 0 Å². The molecular weight excluding hydrogens is 516 g/mol. The fourth-order valence-electron chi connectivity index (χ4n) is 4.38. The van der Waals surface area contributed by atoms with Crippen LogP contribution in [0.15, 0.2) is 58.4 Å². The highest BCUT2D eigenvalue weighted by atomic mass is 32.2. The lowest BCUT2D eigenvalue weighted by molar-refractivity contribution is -0.122. The van der Waals surface area contributed by atoms with Crippen molar-refractivity contribution in [1.82, 2.24) is 14.3 Å². The van der Waals surface area contributed by atoms with Gasteiger partial charge in [0.05, 0.1) is 16.6 Å². The number of pyridine rings is 1. The van der Waals surface area contributed by atoms with Crippen molar-refractivity contribution in [2.45, 2.75) is 58.5 Å². The van der Waals surface area contributed by atoms with Crippen LogP contribution in [-0.2, 0) is 4.79 Å². The zero-order valence-corrected chi connectivity index (χ0v) is 23.5. The van der Waals surface area contributed by atoms with Crippen LogP contribution in [0, 0.1) is 6.92 Å². The smallest absolute Gasteiger partial charge is 0.267 e. The van der Waals surface area contributed by atoms with Crippen LogP contribution in [0.5, 0.6) is 0 Å². The maximum Gasteiger partial charge on any atom is 0.267 e. The summed E-state index contributed by atoms with van der Waals surface area (Å²) in [6.45, 7) is 4.83. The first-order chi connectivity index (χ1) is 18.4. The van der Waals surface area contributed by atoms with Crippen molar-refractivity contribution < 1.29 is 9.90 Å². The van der Waals surface area contributed by atoms with Crippen LogP contribution in [0.2, 0.25) is 0 Å². The van der Waals surface area contributed by atoms with Crippen LogP contribution in [0.3, 0.4) is 0 Å². The van der Waals surface area contributed by atoms with Gasteiger partial charge in [-0.1, -0.05) is 99.4 Å². The number of hydrogen-bond acceptors (Lipinski definition) is 7. The SMILES string of the molecule is CCCCCCCCN1C(=O)C(=Cc2c(NCC(O)c3ccccc3)nc3ccc(C)cn3c2=O)SC1=S. The molecule has 1 unspecified atom stereocenters. The van der Waals surface area contributed by atoms with E-state index in [0.717, 1.165) is 30.4 Å². The number of benzene rings is 1. The number of nitrogens with zero attached hydrogens (tertiary/aromatic N) is 3. The number of anilines is 1. The summed E-state index contributed by atoms with van der Waals surface area (Å²) >= 11 is 6.72. The van der Waals surface area contributed by atoms with Crippen LogP contribution in [0.1, 0.15) is 68.2 Å². The Bertz CT molecular complexity index is 1390. The number of thioether (sulfide) groups is 1. The summed E-state index contributed by atoms with van der Waals surface area (Å²) in [4.78, 5) is 33.5. The van der Waals surface area contributed by atoms with E-state index in [1.54, 1.807) is 23.2 Å². The molecule has 1 aromatic carbocycles. The van der Waals surface area contributed by atoms with E-state index in [-0.39, 0.29) is 23.6 Å². The normalized spacial score (nSPS) is 15.6. The van der Waals surface area contributed by atoms with E-state index in [0.29, 0.717) is 27.2 Å². The molecule has 1 aliphatic heterocycles. The summed E-state index contributed by atoms with van der Waals surface area (Å²) < 4.78 is 1.99. The molecule has 1 aliphatic rings. The van der Waals surface area contributed by atoms with E-state index >= 15 is 0 Å². The largest absolute Gasteiger partial charge is 0.387 e. The van der Waals surface area contributed by atoms with Gasteiger partial charge in [-0.05, 0) is 36.6 Å². The van der Waals surface area contributed by atoms with Gasteiger partial charge in [-0.25, -0.2) is 4.98 Å². The molecule has 2 N–H and O–H groups in total. The lowest BCUT2D eigenvalue weighted by Crippen LogP contribution is -2.29. The van der Waals surface area contributed by atoms with Gasteiger partial charge in [-0.3, -0.25) is 18.9 Å². The summed E-state index contributed by atoms with van der Waals surface area (Å²) in [6.07, 6.45) is 9.27. The minimum atomic E-state index is -0.794. The molecule has 9 heteroatoms. The van der Waals surface area contributed by atoms with E-state index < -0.39 is 6.10 Å². The summed E-state index contributed by atoms with van der Waals surface area (Å²) in [7, 11) is 0. The molecule has 7 nitrogen and oxygen atoms in total. The van der Waals surface area contributed by atoms with Gasteiger partial charge in [0.15, 0.2) is 0 Å². The van der Waals surface area contributed by atoms with Gasteiger partial charge < -0.3 is 10.4 Å². The minimum Gasteiger partial charge on any atom is -0.387 e. The average molecular weight is 551 g/mol. The first kappa shape index (κ1) is 28.0. The standard InChI is InChI=1S/C29H34N4O3S2/c1-3-4-5-6-7-11-16-32-28(36)24(38-29(32)37)17-22-26(30-18-23(34)21-12-9-8-10-13-21)31-25-15-14-20(2)19-33(25)27(22)35/h8-10,12-15,17,19,23,30,34H,3-7,11,16,18H2,1-2H3. The van der Waals surface area contributed by atoms with Gasteiger partial charge in [0.2, 0.25) is 0 Å². The monoisotopic (exact) mass is 550 g/mol. The van der Waals surface area contributed by atoms with Gasteiger partial charge in [-0.15, -0.1) is 0 Å². The highest BCUT2D eigenvalue weighted by molar-refractivity contribution is 8.26. The maximum atomic E-state index is 13.6. The number of carbonyl (C=O) groups is 1. The van der Waals surface area contributed by atoms with Crippen molar-refractivity contribution in [2.75, 3.05) is 18.4 Å². The van der Waals surface area contributed by atoms with Gasteiger partial charge >= 0.3 is 0 Å². The highest BCUT2D eigenvalue weighted by Crippen LogP contribution is 2.33. The summed E-state index contributed by atoms with van der Waals surface area (Å²) in [6, 6.07) is 13.0. The Labute approximate surface area is 233 Å². The minimum absolute atomic E-state index is 0.151. The van der Waals surface area contributed by atoms with E-state index in [1.807, 2.05) is 43.3 Å². The Morgan fingerprint density at radius 1 is 1.08 bits per heavy atom. The van der Waals surface area contributed by atoms with E-state index in [4.69, 9.17) is 12.2 Å². The molecule has 0 radical (unpaired) electrons. The second kappa shape index (κ2) is 13.2. The van der Waals surface area contributed by atoms with Gasteiger partial charge in [0, 0.05) is 19.3 Å². The molecule has 1 amide bonds. The number of thiocarbonyl (C=S) groups is 1. The molecule has 1 atom stereocenters. The summed E-state index contributed by atoms with van der Waals surface area (Å²) in [5.74, 6) is 0.132. The molecule has 0 bridgehead atoms. The van der Waals surface area contributed by atoms with Crippen molar-refractivity contribution in [2.24, 2.45) is 0 Å². The zero-order chi connectivity index (χ0) is 27.1. The Morgan fingerprint density at radius 2 is 1.82 bits per heavy atom. The third-order valence-electron chi connectivity index (χ3n) is 6.54. The number of aliphatic hydroxyl groups is 1. The van der Waals surface area contributed by atoms with E-state index in [2.05, 4.69) is 17.2 Å². The number of nitrogens with one attached hydrogen (secondary N) is 1. The van der Waals surface area contributed by atoms with E-state index in [9.17, 15) is 14.7 Å². The predicted octanol–water partition coefficient (Wildman–Crippen LogP) is 5.71. The lowest BCUT2D eigenvalue weighted by Gasteiger charge is -2.15. The molecule has 200 valence electrons. The first-order valence-corrected chi connectivity index (χ1v) is 14.4. The molecule has 3 heterocycles. The molecule has 1 fully saturated rings. The van der Waals surface area contributed by atoms with Crippen LogP contribution < -0.4 is 10.9 Å². The number of rotatable bonds is 12. The van der Waals surface area contributed by atoms with Gasteiger partial charge in [0.1, 0.15) is 15.8 Å². The quantitative estimate of drug-likeness (QED) is 0.170. The number of aromatic nitrogens is 2. The number of fused-ring (bicyclic) bond motifs is 1. The molecule has 3 aromatic rings. The number of carbonyl (C=O) groups excluding carboxylic acids is 1. The molecular formula is C29H34N4O3S2. The van der Waals surface area contributed by atoms with Crippen LogP contribution in [0.25, 0.3) is 11.7 Å². The van der Waals surface area contributed by atoms with Crippen LogP contribution in [0.4, 0.5) is 5.82 Å². The van der Waals surface area contributed by atoms with Crippen molar-refractivity contribution >= 4 is 51.7 Å². The molecule has 1 saturated heterocycles. The van der Waals surface area contributed by atoms with E-state index in [1.165, 1.54) is 35.4 Å². The number of hydrogen-bond donors (Lipinski definition) is 2. The Hall–Kier alpha value is -3.01. The zero-order valence-electron chi connectivity index (χ0n) is 21.9. The van der Waals surface area contributed by atoms with Crippen molar-refractivity contribution in [3.05, 3.63) is 80.6 Å². The van der Waals surface area contributed by atoms with Crippen LogP contribution in [-0.4, -0.2) is 42.7 Å². The third-order valence-corrected chi connectivity index (χ3v) is 7.91. The molecule has 0 aliphatic carbocycles. The molecule has 0 spiro atoms. The van der Waals surface area contributed by atoms with Gasteiger partial charge in [-0.2, -0.15) is 0 Å². The fraction of sp³-hybridized carbons (Fsp3) is 0.379. The summed E-state index contributed by atoms with van der Waals surface area (Å²) in [5.41, 5.74) is 2.11. The number of aliphatic hydroxyl groups excluding tert-OH is 1. The number of aryl methyl sites for hydroxylation is 1. The Kier molecular flexibility index (Phi) is 9.71. The third kappa shape index (κ3) is 6.70. The number of amides is 1. The molecule has 2 aromatic heterocycles. The molecule has 4 rings (SSSR count). The lowest BCUT2D eigenvalue weighted by atomic mass is 10.1. The first-order valence-electron chi connectivity index (χ1n) is 13.1. The second-order valence-electron chi connectivity index (χ2n) is 9.52. The topological polar surface area (TPSA) is 86.9 Å². The van der Waals surface area contributed by atoms with Crippen molar-refractivity contribution in [1.29, 1.82) is 0 Å². The molecule has 0 saturated carbocycles. The highest BCUT2D eigenvalue weighted by Gasteiger charge is 2.32. The van der Waals surface area contributed by atoms with Crippen molar-refractivity contribution in [3.8, 4) is 0 Å². The maximum absolute atomic E-state index is 13.6.